The lowest BCUT2D eigenvalue weighted by Gasteiger charge is -2.13. The first-order valence-corrected chi connectivity index (χ1v) is 5.14. The van der Waals surface area contributed by atoms with Crippen LogP contribution in [0.5, 0.6) is 0 Å². The molecule has 0 bridgehead atoms. The van der Waals surface area contributed by atoms with E-state index in [0.717, 1.165) is 5.69 Å². The highest BCUT2D eigenvalue weighted by Gasteiger charge is 2.05. The average Bonchev–Trinajstić information content (AvgIpc) is 2.29. The van der Waals surface area contributed by atoms with Gasteiger partial charge in [0.25, 0.3) is 5.91 Å². The van der Waals surface area contributed by atoms with E-state index in [1.807, 2.05) is 37.2 Å². The van der Waals surface area contributed by atoms with Gasteiger partial charge in [0.05, 0.1) is 0 Å². The summed E-state index contributed by atoms with van der Waals surface area (Å²) in [5.74, 6) is 2.40. The van der Waals surface area contributed by atoms with E-state index in [4.69, 9.17) is 6.42 Å². The smallest absolute Gasteiger partial charge is 0.251 e. The first-order chi connectivity index (χ1) is 7.65. The highest BCUT2D eigenvalue weighted by molar-refractivity contribution is 5.95. The highest BCUT2D eigenvalue weighted by Crippen LogP contribution is 2.13. The molecule has 0 saturated carbocycles. The molecule has 0 spiro atoms. The lowest BCUT2D eigenvalue weighted by Crippen LogP contribution is -2.24. The topological polar surface area (TPSA) is 32.3 Å². The zero-order valence-electron chi connectivity index (χ0n) is 9.66. The molecule has 1 rings (SSSR count). The van der Waals surface area contributed by atoms with E-state index in [1.54, 1.807) is 6.07 Å². The maximum absolute atomic E-state index is 11.7. The molecule has 84 valence electrons. The highest BCUT2D eigenvalue weighted by atomic mass is 16.1. The maximum Gasteiger partial charge on any atom is 0.251 e. The fraction of sp³-hybridized carbons (Fsp3) is 0.308. The molecule has 0 heterocycles. The molecule has 0 aliphatic heterocycles. The molecule has 0 saturated heterocycles. The van der Waals surface area contributed by atoms with Crippen molar-refractivity contribution >= 4 is 11.6 Å². The van der Waals surface area contributed by atoms with Crippen LogP contribution in [0.3, 0.4) is 0 Å². The van der Waals surface area contributed by atoms with Gasteiger partial charge in [-0.25, -0.2) is 0 Å². The number of carbonyl (C=O) groups excluding carboxylic acids is 1. The van der Waals surface area contributed by atoms with Gasteiger partial charge in [0.1, 0.15) is 0 Å². The molecule has 0 unspecified atom stereocenters. The maximum atomic E-state index is 11.7. The Morgan fingerprint density at radius 2 is 2.25 bits per heavy atom. The van der Waals surface area contributed by atoms with Gasteiger partial charge in [-0.3, -0.25) is 4.79 Å². The predicted octanol–water partition coefficient (Wildman–Crippen LogP) is 1.51. The van der Waals surface area contributed by atoms with Crippen molar-refractivity contribution in [3.8, 4) is 12.3 Å². The Bertz CT molecular complexity index is 405. The summed E-state index contributed by atoms with van der Waals surface area (Å²) in [6.07, 6.45) is 5.66. The summed E-state index contributed by atoms with van der Waals surface area (Å²) in [5.41, 5.74) is 1.66. The van der Waals surface area contributed by atoms with Gasteiger partial charge in [0, 0.05) is 38.3 Å². The molecule has 0 atom stereocenters. The van der Waals surface area contributed by atoms with Crippen LogP contribution in [0, 0.1) is 12.3 Å². The second-order valence-electron chi connectivity index (χ2n) is 3.65. The summed E-state index contributed by atoms with van der Waals surface area (Å²) in [7, 11) is 3.88. The minimum absolute atomic E-state index is 0.0843. The van der Waals surface area contributed by atoms with Crippen LogP contribution in [0.4, 0.5) is 5.69 Å². The van der Waals surface area contributed by atoms with Crippen LogP contribution in [0.2, 0.25) is 0 Å². The fourth-order valence-corrected chi connectivity index (χ4v) is 1.28. The summed E-state index contributed by atoms with van der Waals surface area (Å²) in [6.45, 7) is 0.515. The zero-order chi connectivity index (χ0) is 12.0. The summed E-state index contributed by atoms with van der Waals surface area (Å²) in [5, 5.41) is 2.77. The Morgan fingerprint density at radius 1 is 1.50 bits per heavy atom. The van der Waals surface area contributed by atoms with E-state index < -0.39 is 0 Å². The molecule has 3 nitrogen and oxygen atoms in total. The van der Waals surface area contributed by atoms with Crippen LogP contribution in [0.1, 0.15) is 16.8 Å². The van der Waals surface area contributed by atoms with Crippen LogP contribution in [0.15, 0.2) is 24.3 Å². The minimum atomic E-state index is -0.0843. The molecule has 1 N–H and O–H groups in total. The van der Waals surface area contributed by atoms with Crippen LogP contribution in [-0.4, -0.2) is 26.5 Å². The second kappa shape index (κ2) is 5.82. The van der Waals surface area contributed by atoms with Gasteiger partial charge in [0.2, 0.25) is 0 Å². The van der Waals surface area contributed by atoms with E-state index in [-0.39, 0.29) is 5.91 Å². The van der Waals surface area contributed by atoms with Crippen LogP contribution < -0.4 is 10.2 Å². The number of amides is 1. The number of terminal acetylenes is 1. The number of anilines is 1. The molecular weight excluding hydrogens is 200 g/mol. The molecule has 1 aromatic rings. The third-order valence-electron chi connectivity index (χ3n) is 2.18. The van der Waals surface area contributed by atoms with Crippen molar-refractivity contribution in [2.45, 2.75) is 6.42 Å². The third kappa shape index (κ3) is 3.32. The molecule has 3 heteroatoms. The minimum Gasteiger partial charge on any atom is -0.378 e. The van der Waals surface area contributed by atoms with Gasteiger partial charge >= 0.3 is 0 Å². The van der Waals surface area contributed by atoms with Crippen LogP contribution in [-0.2, 0) is 0 Å². The first kappa shape index (κ1) is 12.1. The number of carbonyl (C=O) groups is 1. The van der Waals surface area contributed by atoms with Crippen molar-refractivity contribution in [1.29, 1.82) is 0 Å². The van der Waals surface area contributed by atoms with Gasteiger partial charge in [-0.1, -0.05) is 6.07 Å². The molecule has 0 aliphatic rings. The molecule has 0 aliphatic carbocycles. The fourth-order valence-electron chi connectivity index (χ4n) is 1.28. The van der Waals surface area contributed by atoms with Gasteiger partial charge < -0.3 is 10.2 Å². The van der Waals surface area contributed by atoms with Gasteiger partial charge in [-0.05, 0) is 18.2 Å². The summed E-state index contributed by atoms with van der Waals surface area (Å²) in [4.78, 5) is 13.7. The third-order valence-corrected chi connectivity index (χ3v) is 2.18. The van der Waals surface area contributed by atoms with Crippen molar-refractivity contribution in [2.75, 3.05) is 25.5 Å². The normalized spacial score (nSPS) is 9.31. The average molecular weight is 216 g/mol. The van der Waals surface area contributed by atoms with Crippen molar-refractivity contribution in [2.24, 2.45) is 0 Å². The van der Waals surface area contributed by atoms with E-state index in [9.17, 15) is 4.79 Å². The molecular formula is C13H16N2O. The van der Waals surface area contributed by atoms with Crippen molar-refractivity contribution in [1.82, 2.24) is 5.32 Å². The van der Waals surface area contributed by atoms with Gasteiger partial charge in [0.15, 0.2) is 0 Å². The molecule has 1 amide bonds. The quantitative estimate of drug-likeness (QED) is 0.611. The Morgan fingerprint density at radius 3 is 2.88 bits per heavy atom. The SMILES string of the molecule is C#CCCNC(=O)c1cccc(N(C)C)c1. The first-order valence-electron chi connectivity index (χ1n) is 5.14. The van der Waals surface area contributed by atoms with Crippen molar-refractivity contribution in [3.05, 3.63) is 29.8 Å². The Hall–Kier alpha value is -1.95. The molecule has 0 aromatic heterocycles. The van der Waals surface area contributed by atoms with E-state index in [0.29, 0.717) is 18.5 Å². The zero-order valence-corrected chi connectivity index (χ0v) is 9.66. The summed E-state index contributed by atoms with van der Waals surface area (Å²) in [6, 6.07) is 7.47. The van der Waals surface area contributed by atoms with E-state index in [2.05, 4.69) is 11.2 Å². The largest absolute Gasteiger partial charge is 0.378 e. The summed E-state index contributed by atoms with van der Waals surface area (Å²) < 4.78 is 0. The lowest BCUT2D eigenvalue weighted by molar-refractivity contribution is 0.0954. The Kier molecular flexibility index (Phi) is 4.41. The van der Waals surface area contributed by atoms with Gasteiger partial charge in [-0.15, -0.1) is 12.3 Å². The van der Waals surface area contributed by atoms with Crippen LogP contribution in [0.25, 0.3) is 0 Å². The molecule has 1 aromatic carbocycles. The van der Waals surface area contributed by atoms with Crippen molar-refractivity contribution < 1.29 is 4.79 Å². The van der Waals surface area contributed by atoms with Crippen molar-refractivity contribution in [3.63, 3.8) is 0 Å². The number of nitrogens with one attached hydrogen (secondary N) is 1. The molecule has 16 heavy (non-hydrogen) atoms. The monoisotopic (exact) mass is 216 g/mol. The number of rotatable bonds is 4. The number of benzene rings is 1. The molecule has 0 fully saturated rings. The van der Waals surface area contributed by atoms with E-state index in [1.165, 1.54) is 0 Å². The molecule has 0 radical (unpaired) electrons. The Labute approximate surface area is 96.5 Å². The predicted molar refractivity (Wildman–Crippen MR) is 66.6 cm³/mol. The lowest BCUT2D eigenvalue weighted by atomic mass is 10.2. The number of hydrogen-bond donors (Lipinski definition) is 1. The Balaban J connectivity index is 2.69. The summed E-state index contributed by atoms with van der Waals surface area (Å²) >= 11 is 0. The number of hydrogen-bond acceptors (Lipinski definition) is 2. The van der Waals surface area contributed by atoms with Crippen LogP contribution >= 0.6 is 0 Å². The standard InChI is InChI=1S/C13H16N2O/c1-4-5-9-14-13(16)11-7-6-8-12(10-11)15(2)3/h1,6-8,10H,5,9H2,2-3H3,(H,14,16). The van der Waals surface area contributed by atoms with Gasteiger partial charge in [-0.2, -0.15) is 0 Å². The second-order valence-corrected chi connectivity index (χ2v) is 3.65. The van der Waals surface area contributed by atoms with E-state index >= 15 is 0 Å². The number of nitrogens with zero attached hydrogens (tertiary/aromatic N) is 1.